The van der Waals surface area contributed by atoms with Gasteiger partial charge in [0.05, 0.1) is 12.1 Å². The molecule has 0 aliphatic rings. The van der Waals surface area contributed by atoms with E-state index < -0.39 is 0 Å². The Bertz CT molecular complexity index is 549. The maximum Gasteiger partial charge on any atom is 0.253 e. The second-order valence-corrected chi connectivity index (χ2v) is 3.98. The number of aromatic nitrogens is 4. The highest BCUT2D eigenvalue weighted by atomic mass is 35.5. The van der Waals surface area contributed by atoms with Crippen molar-refractivity contribution in [3.05, 3.63) is 48.2 Å². The summed E-state index contributed by atoms with van der Waals surface area (Å²) in [4.78, 5) is 19.6. The first-order chi connectivity index (χ1) is 8.66. The Morgan fingerprint density at radius 2 is 2.33 bits per heavy atom. The Kier molecular flexibility index (Phi) is 3.69. The van der Waals surface area contributed by atoms with E-state index in [9.17, 15) is 4.79 Å². The van der Waals surface area contributed by atoms with Gasteiger partial charge < -0.3 is 5.32 Å². The lowest BCUT2D eigenvalue weighted by Gasteiger charge is -2.04. The van der Waals surface area contributed by atoms with Gasteiger partial charge in [0.15, 0.2) is 5.82 Å². The number of hydrogen-bond acceptors (Lipinski definition) is 4. The van der Waals surface area contributed by atoms with Gasteiger partial charge in [0.25, 0.3) is 5.91 Å². The van der Waals surface area contributed by atoms with Gasteiger partial charge in [0.2, 0.25) is 0 Å². The van der Waals surface area contributed by atoms with Crippen molar-refractivity contribution in [2.75, 3.05) is 6.54 Å². The molecule has 2 rings (SSSR count). The molecule has 92 valence electrons. The van der Waals surface area contributed by atoms with Gasteiger partial charge in [-0.15, -0.1) is 0 Å². The predicted octanol–water partition coefficient (Wildman–Crippen LogP) is 1.14. The summed E-state index contributed by atoms with van der Waals surface area (Å²) in [5.41, 5.74) is 0.441. The van der Waals surface area contributed by atoms with Crippen LogP contribution in [0, 0.1) is 0 Å². The zero-order valence-electron chi connectivity index (χ0n) is 9.38. The maximum absolute atomic E-state index is 11.7. The molecule has 0 aliphatic carbocycles. The van der Waals surface area contributed by atoms with Gasteiger partial charge in [0, 0.05) is 11.2 Å². The average molecular weight is 264 g/mol. The van der Waals surface area contributed by atoms with Crippen molar-refractivity contribution >= 4 is 17.5 Å². The van der Waals surface area contributed by atoms with Gasteiger partial charge in [-0.2, -0.15) is 5.10 Å². The summed E-state index contributed by atoms with van der Waals surface area (Å²) in [6.07, 6.45) is 4.40. The van der Waals surface area contributed by atoms with E-state index in [0.29, 0.717) is 16.4 Å². The first-order valence-corrected chi connectivity index (χ1v) is 5.47. The van der Waals surface area contributed by atoms with Crippen LogP contribution in [0.5, 0.6) is 0 Å². The molecule has 0 fully saturated rings. The van der Waals surface area contributed by atoms with E-state index in [-0.39, 0.29) is 12.5 Å². The minimum atomic E-state index is -0.255. The first-order valence-electron chi connectivity index (χ1n) is 5.09. The van der Waals surface area contributed by atoms with Crippen LogP contribution in [0.4, 0.5) is 0 Å². The summed E-state index contributed by atoms with van der Waals surface area (Å²) >= 11 is 5.56. The molecule has 6 nitrogen and oxygen atoms in total. The molecule has 2 aromatic heterocycles. The van der Waals surface area contributed by atoms with Gasteiger partial charge in [-0.25, -0.2) is 14.6 Å². The van der Waals surface area contributed by atoms with Crippen LogP contribution in [0.15, 0.2) is 42.6 Å². The highest BCUT2D eigenvalue weighted by Gasteiger charge is 2.06. The van der Waals surface area contributed by atoms with Crippen LogP contribution in [0.3, 0.4) is 0 Å². The molecular weight excluding hydrogens is 254 g/mol. The molecule has 0 aliphatic heterocycles. The molecule has 0 aromatic carbocycles. The fourth-order valence-electron chi connectivity index (χ4n) is 1.26. The Hall–Kier alpha value is -2.21. The average Bonchev–Trinajstić information content (AvgIpc) is 2.90. The maximum atomic E-state index is 11.7. The van der Waals surface area contributed by atoms with Crippen LogP contribution in [0.2, 0.25) is 0 Å². The quantitative estimate of drug-likeness (QED) is 0.898. The number of pyridine rings is 1. The molecule has 1 N–H and O–H groups in total. The lowest BCUT2D eigenvalue weighted by atomic mass is 10.2. The highest BCUT2D eigenvalue weighted by Crippen LogP contribution is 2.04. The third kappa shape index (κ3) is 2.92. The van der Waals surface area contributed by atoms with Gasteiger partial charge in [-0.1, -0.05) is 18.2 Å². The summed E-state index contributed by atoms with van der Waals surface area (Å²) in [6.45, 7) is 3.71. The summed E-state index contributed by atoms with van der Waals surface area (Å²) in [6, 6.07) is 3.33. The van der Waals surface area contributed by atoms with Crippen molar-refractivity contribution in [3.8, 4) is 5.82 Å². The Labute approximate surface area is 108 Å². The molecule has 0 unspecified atom stereocenters. The van der Waals surface area contributed by atoms with E-state index in [1.54, 1.807) is 12.1 Å². The largest absolute Gasteiger partial charge is 0.347 e. The Morgan fingerprint density at radius 3 is 2.89 bits per heavy atom. The summed E-state index contributed by atoms with van der Waals surface area (Å²) in [7, 11) is 0. The second-order valence-electron chi connectivity index (χ2n) is 3.45. The number of rotatable bonds is 4. The third-order valence-corrected chi connectivity index (χ3v) is 2.24. The topological polar surface area (TPSA) is 72.7 Å². The zero-order valence-corrected chi connectivity index (χ0v) is 10.1. The molecule has 2 aromatic rings. The molecule has 2 heterocycles. The fourth-order valence-corrected chi connectivity index (χ4v) is 1.33. The highest BCUT2D eigenvalue weighted by molar-refractivity contribution is 6.29. The molecule has 0 saturated carbocycles. The van der Waals surface area contributed by atoms with Gasteiger partial charge in [-0.05, 0) is 12.1 Å². The van der Waals surface area contributed by atoms with Gasteiger partial charge >= 0.3 is 0 Å². The first kappa shape index (κ1) is 12.3. The number of hydrogen-bond donors (Lipinski definition) is 1. The van der Waals surface area contributed by atoms with E-state index in [0.717, 1.165) is 0 Å². The van der Waals surface area contributed by atoms with Crippen LogP contribution in [0.1, 0.15) is 10.4 Å². The number of carbonyl (C=O) groups excluding carboxylic acids is 1. The minimum absolute atomic E-state index is 0.227. The summed E-state index contributed by atoms with van der Waals surface area (Å²) in [5, 5.41) is 6.91. The minimum Gasteiger partial charge on any atom is -0.347 e. The molecule has 0 spiro atoms. The number of halogens is 1. The SMILES string of the molecule is C=C(Cl)CNC(=O)c1ccc(-n2cncn2)nc1. The van der Waals surface area contributed by atoms with E-state index >= 15 is 0 Å². The van der Waals surface area contributed by atoms with Crippen LogP contribution >= 0.6 is 11.6 Å². The van der Waals surface area contributed by atoms with E-state index in [4.69, 9.17) is 11.6 Å². The molecule has 7 heteroatoms. The molecule has 1 amide bonds. The summed E-state index contributed by atoms with van der Waals surface area (Å²) in [5.74, 6) is 0.334. The Morgan fingerprint density at radius 1 is 1.50 bits per heavy atom. The number of amides is 1. The van der Waals surface area contributed by atoms with Gasteiger partial charge in [-0.3, -0.25) is 4.79 Å². The lowest BCUT2D eigenvalue weighted by Crippen LogP contribution is -2.24. The number of nitrogens with one attached hydrogen (secondary N) is 1. The van der Waals surface area contributed by atoms with Crippen molar-refractivity contribution in [1.82, 2.24) is 25.1 Å². The van der Waals surface area contributed by atoms with Crippen molar-refractivity contribution in [1.29, 1.82) is 0 Å². The van der Waals surface area contributed by atoms with Crippen LogP contribution in [-0.2, 0) is 0 Å². The molecule has 0 radical (unpaired) electrons. The van der Waals surface area contributed by atoms with Gasteiger partial charge in [0.1, 0.15) is 12.7 Å². The predicted molar refractivity (Wildman–Crippen MR) is 66.5 cm³/mol. The number of nitrogens with zero attached hydrogens (tertiary/aromatic N) is 4. The fraction of sp³-hybridized carbons (Fsp3) is 0.0909. The Balaban J connectivity index is 2.08. The van der Waals surface area contributed by atoms with Crippen LogP contribution in [-0.4, -0.2) is 32.2 Å². The zero-order chi connectivity index (χ0) is 13.0. The second kappa shape index (κ2) is 5.42. The van der Waals surface area contributed by atoms with Crippen molar-refractivity contribution in [2.45, 2.75) is 0 Å². The number of carbonyl (C=O) groups is 1. The van der Waals surface area contributed by atoms with Crippen LogP contribution < -0.4 is 5.32 Å². The molecular formula is C11H10ClN5O. The molecule has 0 atom stereocenters. The van der Waals surface area contributed by atoms with Crippen molar-refractivity contribution in [3.63, 3.8) is 0 Å². The summed E-state index contributed by atoms with van der Waals surface area (Å²) < 4.78 is 1.50. The molecule has 0 bridgehead atoms. The molecule has 0 saturated heterocycles. The van der Waals surface area contributed by atoms with Crippen molar-refractivity contribution < 1.29 is 4.79 Å². The standard InChI is InChI=1S/C11H10ClN5O/c1-8(12)4-15-11(18)9-2-3-10(14-5-9)17-7-13-6-16-17/h2-3,5-7H,1,4H2,(H,15,18). The normalized spacial score (nSPS) is 10.1. The lowest BCUT2D eigenvalue weighted by molar-refractivity contribution is 0.0957. The molecule has 18 heavy (non-hydrogen) atoms. The van der Waals surface area contributed by atoms with Crippen LogP contribution in [0.25, 0.3) is 5.82 Å². The van der Waals surface area contributed by atoms with Crippen molar-refractivity contribution in [2.24, 2.45) is 0 Å². The third-order valence-electron chi connectivity index (χ3n) is 2.10. The smallest absolute Gasteiger partial charge is 0.253 e. The van der Waals surface area contributed by atoms with E-state index in [2.05, 4.69) is 27.0 Å². The monoisotopic (exact) mass is 263 g/mol. The van der Waals surface area contributed by atoms with E-state index in [1.165, 1.54) is 23.5 Å². The van der Waals surface area contributed by atoms with E-state index in [1.807, 2.05) is 0 Å².